The number of ether oxygens (including phenoxy) is 1. The summed E-state index contributed by atoms with van der Waals surface area (Å²) in [7, 11) is 0. The van der Waals surface area contributed by atoms with Crippen LogP contribution in [0.25, 0.3) is 0 Å². The second kappa shape index (κ2) is 5.06. The van der Waals surface area contributed by atoms with E-state index in [0.29, 0.717) is 11.3 Å². The second-order valence-electron chi connectivity index (χ2n) is 4.32. The van der Waals surface area contributed by atoms with Crippen molar-refractivity contribution in [2.24, 2.45) is 0 Å². The fourth-order valence-electron chi connectivity index (χ4n) is 2.23. The van der Waals surface area contributed by atoms with Gasteiger partial charge in [-0.25, -0.2) is 0 Å². The van der Waals surface area contributed by atoms with Gasteiger partial charge in [-0.3, -0.25) is 5.32 Å². The van der Waals surface area contributed by atoms with Crippen LogP contribution in [0.5, 0.6) is 0 Å². The summed E-state index contributed by atoms with van der Waals surface area (Å²) in [6.45, 7) is 5.27. The molecule has 2 aliphatic heterocycles. The quantitative estimate of drug-likeness (QED) is 0.757. The standard InChI is InChI=1S/C10H19NOS.ClH/c1-8-7-12-10(2,11-8)9-5-3-4-6-13-9;/h8-9,11H,3-7H2,1-2H3;1H. The normalized spacial score (nSPS) is 43.3. The Balaban J connectivity index is 0.000000980. The molecule has 3 atom stereocenters. The van der Waals surface area contributed by atoms with Gasteiger partial charge in [-0.05, 0) is 32.4 Å². The number of nitrogens with one attached hydrogen (secondary N) is 1. The van der Waals surface area contributed by atoms with Gasteiger partial charge in [0.25, 0.3) is 0 Å². The fraction of sp³-hybridized carbons (Fsp3) is 1.00. The zero-order valence-electron chi connectivity index (χ0n) is 8.91. The molecule has 2 rings (SSSR count). The van der Waals surface area contributed by atoms with Gasteiger partial charge in [0.1, 0.15) is 5.72 Å². The molecule has 84 valence electrons. The van der Waals surface area contributed by atoms with Gasteiger partial charge in [0, 0.05) is 11.3 Å². The maximum atomic E-state index is 5.86. The van der Waals surface area contributed by atoms with E-state index in [1.165, 1.54) is 25.0 Å². The molecule has 2 nitrogen and oxygen atoms in total. The summed E-state index contributed by atoms with van der Waals surface area (Å²) in [5.41, 5.74) is -0.0511. The van der Waals surface area contributed by atoms with Gasteiger partial charge < -0.3 is 4.74 Å². The molecule has 2 heterocycles. The van der Waals surface area contributed by atoms with Gasteiger partial charge in [-0.15, -0.1) is 12.4 Å². The lowest BCUT2D eigenvalue weighted by molar-refractivity contribution is 0.00218. The molecule has 2 fully saturated rings. The number of hydrogen-bond acceptors (Lipinski definition) is 3. The molecule has 2 aliphatic rings. The zero-order chi connectivity index (χ0) is 9.31. The number of halogens is 1. The van der Waals surface area contributed by atoms with Crippen molar-refractivity contribution in [2.45, 2.75) is 50.1 Å². The van der Waals surface area contributed by atoms with E-state index in [0.717, 1.165) is 6.61 Å². The van der Waals surface area contributed by atoms with Gasteiger partial charge >= 0.3 is 0 Å². The summed E-state index contributed by atoms with van der Waals surface area (Å²) in [6, 6.07) is 0.521. The molecule has 0 bridgehead atoms. The van der Waals surface area contributed by atoms with Crippen molar-refractivity contribution < 1.29 is 4.74 Å². The average molecular weight is 238 g/mol. The van der Waals surface area contributed by atoms with Crippen LogP contribution in [0.4, 0.5) is 0 Å². The highest BCUT2D eigenvalue weighted by Gasteiger charge is 2.41. The number of hydrogen-bond donors (Lipinski definition) is 1. The Labute approximate surface area is 97.0 Å². The van der Waals surface area contributed by atoms with E-state index in [-0.39, 0.29) is 18.1 Å². The molecule has 0 aromatic heterocycles. The first-order valence-electron chi connectivity index (χ1n) is 5.24. The minimum atomic E-state index is -0.0511. The summed E-state index contributed by atoms with van der Waals surface area (Å²) >= 11 is 2.07. The Kier molecular flexibility index (Phi) is 4.56. The summed E-state index contributed by atoms with van der Waals surface area (Å²) in [5.74, 6) is 1.31. The second-order valence-corrected chi connectivity index (χ2v) is 5.63. The predicted molar refractivity (Wildman–Crippen MR) is 64.3 cm³/mol. The third-order valence-electron chi connectivity index (χ3n) is 2.96. The first-order chi connectivity index (χ1) is 6.21. The monoisotopic (exact) mass is 237 g/mol. The minimum absolute atomic E-state index is 0. The molecule has 0 saturated carbocycles. The Hall–Kier alpha value is 0.560. The molecule has 4 heteroatoms. The Bertz CT molecular complexity index is 187. The SMILES string of the molecule is CC1COC(C)(C2CCCCS2)N1.Cl. The van der Waals surface area contributed by atoms with E-state index in [1.54, 1.807) is 0 Å². The molecule has 0 spiro atoms. The first kappa shape index (κ1) is 12.6. The minimum Gasteiger partial charge on any atom is -0.358 e. The third kappa shape index (κ3) is 2.57. The van der Waals surface area contributed by atoms with Gasteiger partial charge in [0.15, 0.2) is 0 Å². The van der Waals surface area contributed by atoms with Crippen molar-refractivity contribution in [3.05, 3.63) is 0 Å². The highest BCUT2D eigenvalue weighted by atomic mass is 35.5. The highest BCUT2D eigenvalue weighted by Crippen LogP contribution is 2.35. The highest BCUT2D eigenvalue weighted by molar-refractivity contribution is 8.00. The van der Waals surface area contributed by atoms with Crippen LogP contribution in [0.2, 0.25) is 0 Å². The van der Waals surface area contributed by atoms with E-state index in [2.05, 4.69) is 30.9 Å². The molecular weight excluding hydrogens is 218 g/mol. The Morgan fingerprint density at radius 3 is 2.71 bits per heavy atom. The number of rotatable bonds is 1. The molecule has 0 amide bonds. The van der Waals surface area contributed by atoms with Crippen molar-refractivity contribution in [3.8, 4) is 0 Å². The van der Waals surface area contributed by atoms with Crippen LogP contribution in [0.3, 0.4) is 0 Å². The molecule has 0 aromatic rings. The first-order valence-corrected chi connectivity index (χ1v) is 6.29. The average Bonchev–Trinajstić information content (AvgIpc) is 2.49. The van der Waals surface area contributed by atoms with Crippen LogP contribution in [0, 0.1) is 0 Å². The zero-order valence-corrected chi connectivity index (χ0v) is 10.5. The van der Waals surface area contributed by atoms with Crippen LogP contribution in [0.15, 0.2) is 0 Å². The Morgan fingerprint density at radius 2 is 2.21 bits per heavy atom. The van der Waals surface area contributed by atoms with E-state index in [1.807, 2.05) is 0 Å². The lowest BCUT2D eigenvalue weighted by Crippen LogP contribution is -2.49. The van der Waals surface area contributed by atoms with Crippen molar-refractivity contribution in [1.82, 2.24) is 5.32 Å². The van der Waals surface area contributed by atoms with Crippen LogP contribution in [-0.2, 0) is 4.74 Å². The van der Waals surface area contributed by atoms with Gasteiger partial charge in [0.05, 0.1) is 6.61 Å². The van der Waals surface area contributed by atoms with E-state index < -0.39 is 0 Å². The topological polar surface area (TPSA) is 21.3 Å². The van der Waals surface area contributed by atoms with Crippen LogP contribution in [0.1, 0.15) is 33.1 Å². The van der Waals surface area contributed by atoms with Crippen LogP contribution in [-0.4, -0.2) is 29.4 Å². The fourth-order valence-corrected chi connectivity index (χ4v) is 3.67. The van der Waals surface area contributed by atoms with E-state index in [9.17, 15) is 0 Å². The molecule has 3 unspecified atom stereocenters. The molecule has 0 aromatic carbocycles. The molecule has 14 heavy (non-hydrogen) atoms. The van der Waals surface area contributed by atoms with E-state index in [4.69, 9.17) is 4.74 Å². The van der Waals surface area contributed by atoms with Crippen LogP contribution < -0.4 is 5.32 Å². The summed E-state index contributed by atoms with van der Waals surface area (Å²) < 4.78 is 5.86. The summed E-state index contributed by atoms with van der Waals surface area (Å²) in [5, 5.41) is 4.22. The van der Waals surface area contributed by atoms with Crippen molar-refractivity contribution in [3.63, 3.8) is 0 Å². The van der Waals surface area contributed by atoms with Crippen molar-refractivity contribution in [2.75, 3.05) is 12.4 Å². The third-order valence-corrected chi connectivity index (χ3v) is 4.57. The van der Waals surface area contributed by atoms with Crippen LogP contribution >= 0.6 is 24.2 Å². The molecule has 1 N–H and O–H groups in total. The molecule has 0 radical (unpaired) electrons. The van der Waals surface area contributed by atoms with Crippen molar-refractivity contribution >= 4 is 24.2 Å². The van der Waals surface area contributed by atoms with Gasteiger partial charge in [-0.1, -0.05) is 6.42 Å². The molecule has 0 aliphatic carbocycles. The van der Waals surface area contributed by atoms with Gasteiger partial charge in [0.2, 0.25) is 0 Å². The number of thioether (sulfide) groups is 1. The smallest absolute Gasteiger partial charge is 0.128 e. The maximum Gasteiger partial charge on any atom is 0.128 e. The predicted octanol–water partition coefficient (Wildman–Crippen LogP) is 2.42. The molecule has 2 saturated heterocycles. The Morgan fingerprint density at radius 1 is 1.43 bits per heavy atom. The lowest BCUT2D eigenvalue weighted by Gasteiger charge is -2.35. The van der Waals surface area contributed by atoms with Gasteiger partial charge in [-0.2, -0.15) is 11.8 Å². The summed E-state index contributed by atoms with van der Waals surface area (Å²) in [4.78, 5) is 0. The summed E-state index contributed by atoms with van der Waals surface area (Å²) in [6.07, 6.45) is 4.06. The van der Waals surface area contributed by atoms with E-state index >= 15 is 0 Å². The van der Waals surface area contributed by atoms with Crippen molar-refractivity contribution in [1.29, 1.82) is 0 Å². The maximum absolute atomic E-state index is 5.86. The largest absolute Gasteiger partial charge is 0.358 e. The molecular formula is C10H20ClNOS. The lowest BCUT2D eigenvalue weighted by atomic mass is 10.1.